The molecular formula is C17H19N3O5S. The van der Waals surface area contributed by atoms with Crippen molar-refractivity contribution in [3.05, 3.63) is 64.1 Å². The highest BCUT2D eigenvalue weighted by Gasteiger charge is 2.26. The molecule has 1 aliphatic rings. The van der Waals surface area contributed by atoms with Gasteiger partial charge in [-0.1, -0.05) is 12.1 Å². The number of morpholine rings is 1. The lowest BCUT2D eigenvalue weighted by Gasteiger charge is -2.26. The largest absolute Gasteiger partial charge is 0.379 e. The number of aromatic amines is 1. The second-order valence-corrected chi connectivity index (χ2v) is 7.69. The standard InChI is InChI=1S/C17H19N3O5S/c21-16-15(2-1-7-18-16)17(22)19-12-13-3-5-14(6-4-13)26(23,24)20-8-10-25-11-9-20/h1-7H,8-12H2,(H,18,21)(H,19,22). The second-order valence-electron chi connectivity index (χ2n) is 5.76. The van der Waals surface area contributed by atoms with Crippen molar-refractivity contribution in [2.75, 3.05) is 26.3 Å². The number of hydrogen-bond donors (Lipinski definition) is 2. The third kappa shape index (κ3) is 4.01. The van der Waals surface area contributed by atoms with Gasteiger partial charge in [0, 0.05) is 25.8 Å². The zero-order chi connectivity index (χ0) is 18.6. The van der Waals surface area contributed by atoms with Crippen LogP contribution in [0, 0.1) is 0 Å². The Morgan fingerprint density at radius 3 is 2.50 bits per heavy atom. The lowest BCUT2D eigenvalue weighted by molar-refractivity contribution is 0.0730. The zero-order valence-electron chi connectivity index (χ0n) is 14.0. The quantitative estimate of drug-likeness (QED) is 0.780. The number of H-pyrrole nitrogens is 1. The lowest BCUT2D eigenvalue weighted by Crippen LogP contribution is -2.40. The first kappa shape index (κ1) is 18.3. The van der Waals surface area contributed by atoms with E-state index < -0.39 is 21.5 Å². The van der Waals surface area contributed by atoms with Gasteiger partial charge in [0.25, 0.3) is 11.5 Å². The second kappa shape index (κ2) is 7.81. The number of pyridine rings is 1. The van der Waals surface area contributed by atoms with Gasteiger partial charge in [0.1, 0.15) is 5.56 Å². The molecule has 0 unspecified atom stereocenters. The molecule has 1 aromatic carbocycles. The van der Waals surface area contributed by atoms with Crippen molar-refractivity contribution >= 4 is 15.9 Å². The number of nitrogens with zero attached hydrogens (tertiary/aromatic N) is 1. The Balaban J connectivity index is 1.65. The van der Waals surface area contributed by atoms with Gasteiger partial charge in [-0.15, -0.1) is 0 Å². The molecule has 2 heterocycles. The maximum Gasteiger partial charge on any atom is 0.260 e. The third-order valence-corrected chi connectivity index (χ3v) is 5.96. The van der Waals surface area contributed by atoms with E-state index in [9.17, 15) is 18.0 Å². The number of carbonyl (C=O) groups is 1. The number of amides is 1. The molecule has 1 amide bonds. The predicted octanol–water partition coefficient (Wildman–Crippen LogP) is 0.326. The summed E-state index contributed by atoms with van der Waals surface area (Å²) in [4.78, 5) is 26.2. The lowest BCUT2D eigenvalue weighted by atomic mass is 10.2. The summed E-state index contributed by atoms with van der Waals surface area (Å²) >= 11 is 0. The fourth-order valence-corrected chi connectivity index (χ4v) is 4.00. The summed E-state index contributed by atoms with van der Waals surface area (Å²) in [5.41, 5.74) is 0.294. The van der Waals surface area contributed by atoms with Gasteiger partial charge in [-0.05, 0) is 29.8 Å². The highest BCUT2D eigenvalue weighted by Crippen LogP contribution is 2.17. The predicted molar refractivity (Wildman–Crippen MR) is 94.3 cm³/mol. The summed E-state index contributed by atoms with van der Waals surface area (Å²) < 4.78 is 31.7. The van der Waals surface area contributed by atoms with E-state index in [1.807, 2.05) is 0 Å². The molecule has 8 nitrogen and oxygen atoms in total. The van der Waals surface area contributed by atoms with Crippen molar-refractivity contribution in [3.8, 4) is 0 Å². The summed E-state index contributed by atoms with van der Waals surface area (Å²) in [7, 11) is -3.54. The van der Waals surface area contributed by atoms with E-state index in [2.05, 4.69) is 10.3 Å². The van der Waals surface area contributed by atoms with Crippen molar-refractivity contribution < 1.29 is 17.9 Å². The van der Waals surface area contributed by atoms with E-state index in [4.69, 9.17) is 4.74 Å². The first-order valence-corrected chi connectivity index (χ1v) is 9.55. The molecule has 0 spiro atoms. The molecule has 0 radical (unpaired) electrons. The maximum atomic E-state index is 12.5. The van der Waals surface area contributed by atoms with Crippen molar-refractivity contribution in [1.82, 2.24) is 14.6 Å². The van der Waals surface area contributed by atoms with E-state index in [0.29, 0.717) is 26.3 Å². The smallest absolute Gasteiger partial charge is 0.260 e. The summed E-state index contributed by atoms with van der Waals surface area (Å²) in [5.74, 6) is -0.489. The topological polar surface area (TPSA) is 109 Å². The van der Waals surface area contributed by atoms with Crippen LogP contribution in [-0.2, 0) is 21.3 Å². The highest BCUT2D eigenvalue weighted by atomic mass is 32.2. The van der Waals surface area contributed by atoms with E-state index in [1.165, 1.54) is 28.7 Å². The van der Waals surface area contributed by atoms with Crippen LogP contribution in [0.3, 0.4) is 0 Å². The molecule has 3 rings (SSSR count). The van der Waals surface area contributed by atoms with Gasteiger partial charge >= 0.3 is 0 Å². The molecule has 0 aliphatic carbocycles. The van der Waals surface area contributed by atoms with E-state index in [1.54, 1.807) is 18.2 Å². The Kier molecular flexibility index (Phi) is 5.50. The van der Waals surface area contributed by atoms with Crippen LogP contribution in [0.5, 0.6) is 0 Å². The maximum absolute atomic E-state index is 12.5. The van der Waals surface area contributed by atoms with E-state index in [-0.39, 0.29) is 17.0 Å². The van der Waals surface area contributed by atoms with Crippen LogP contribution < -0.4 is 10.9 Å². The molecular weight excluding hydrogens is 358 g/mol. The van der Waals surface area contributed by atoms with Gasteiger partial charge < -0.3 is 15.0 Å². The van der Waals surface area contributed by atoms with Crippen molar-refractivity contribution in [2.45, 2.75) is 11.4 Å². The summed E-state index contributed by atoms with van der Waals surface area (Å²) in [5, 5.41) is 2.64. The van der Waals surface area contributed by atoms with Gasteiger partial charge in [0.2, 0.25) is 10.0 Å². The number of carbonyl (C=O) groups excluding carboxylic acids is 1. The first-order valence-electron chi connectivity index (χ1n) is 8.11. The van der Waals surface area contributed by atoms with Gasteiger partial charge in [0.15, 0.2) is 0 Å². The Bertz CT molecular complexity index is 931. The summed E-state index contributed by atoms with van der Waals surface area (Å²) in [6.07, 6.45) is 1.45. The van der Waals surface area contributed by atoms with Crippen molar-refractivity contribution in [3.63, 3.8) is 0 Å². The number of benzene rings is 1. The van der Waals surface area contributed by atoms with Crippen LogP contribution in [0.25, 0.3) is 0 Å². The third-order valence-electron chi connectivity index (χ3n) is 4.05. The fraction of sp³-hybridized carbons (Fsp3) is 0.294. The molecule has 2 N–H and O–H groups in total. The molecule has 26 heavy (non-hydrogen) atoms. The summed E-state index contributed by atoms with van der Waals surface area (Å²) in [6.45, 7) is 1.65. The molecule has 1 saturated heterocycles. The Morgan fingerprint density at radius 1 is 1.15 bits per heavy atom. The Labute approximate surface area is 150 Å². The molecule has 2 aromatic rings. The highest BCUT2D eigenvalue weighted by molar-refractivity contribution is 7.89. The van der Waals surface area contributed by atoms with Gasteiger partial charge in [0.05, 0.1) is 18.1 Å². The zero-order valence-corrected chi connectivity index (χ0v) is 14.8. The van der Waals surface area contributed by atoms with Gasteiger partial charge in [-0.3, -0.25) is 9.59 Å². The number of aromatic nitrogens is 1. The fourth-order valence-electron chi connectivity index (χ4n) is 2.59. The van der Waals surface area contributed by atoms with E-state index in [0.717, 1.165) is 5.56 Å². The Hall–Kier alpha value is -2.49. The van der Waals surface area contributed by atoms with Gasteiger partial charge in [-0.2, -0.15) is 4.31 Å². The number of sulfonamides is 1. The molecule has 0 saturated carbocycles. The normalized spacial score (nSPS) is 15.5. The molecule has 138 valence electrons. The number of hydrogen-bond acceptors (Lipinski definition) is 5. The van der Waals surface area contributed by atoms with Crippen molar-refractivity contribution in [2.24, 2.45) is 0 Å². The monoisotopic (exact) mass is 377 g/mol. The average molecular weight is 377 g/mol. The van der Waals surface area contributed by atoms with Crippen LogP contribution in [-0.4, -0.2) is 49.9 Å². The number of nitrogens with one attached hydrogen (secondary N) is 2. The van der Waals surface area contributed by atoms with E-state index >= 15 is 0 Å². The SMILES string of the molecule is O=C(NCc1ccc(S(=O)(=O)N2CCOCC2)cc1)c1ccc[nH]c1=O. The van der Waals surface area contributed by atoms with Crippen molar-refractivity contribution in [1.29, 1.82) is 0 Å². The number of rotatable bonds is 5. The molecule has 1 fully saturated rings. The summed E-state index contributed by atoms with van der Waals surface area (Å²) in [6, 6.07) is 9.32. The average Bonchev–Trinajstić information content (AvgIpc) is 2.67. The number of ether oxygens (including phenoxy) is 1. The van der Waals surface area contributed by atoms with Crippen LogP contribution in [0.2, 0.25) is 0 Å². The van der Waals surface area contributed by atoms with Crippen LogP contribution in [0.1, 0.15) is 15.9 Å². The van der Waals surface area contributed by atoms with Gasteiger partial charge in [-0.25, -0.2) is 8.42 Å². The van der Waals surface area contributed by atoms with Crippen LogP contribution >= 0.6 is 0 Å². The molecule has 9 heteroatoms. The molecule has 0 atom stereocenters. The first-order chi connectivity index (χ1) is 12.5. The minimum absolute atomic E-state index is 0.0269. The van der Waals surface area contributed by atoms with Crippen LogP contribution in [0.15, 0.2) is 52.3 Å². The minimum Gasteiger partial charge on any atom is -0.379 e. The molecule has 1 aromatic heterocycles. The molecule has 1 aliphatic heterocycles. The molecule has 0 bridgehead atoms. The Morgan fingerprint density at radius 2 is 1.85 bits per heavy atom. The minimum atomic E-state index is -3.54. The van der Waals surface area contributed by atoms with Crippen LogP contribution in [0.4, 0.5) is 0 Å².